The second-order valence-electron chi connectivity index (χ2n) is 7.23. The first kappa shape index (κ1) is 21.9. The van der Waals surface area contributed by atoms with Gasteiger partial charge in [0.05, 0.1) is 37.6 Å². The summed E-state index contributed by atoms with van der Waals surface area (Å²) in [7, 11) is 4.43. The van der Waals surface area contributed by atoms with E-state index in [1.54, 1.807) is 45.0 Å². The molecule has 0 bridgehead atoms. The SMILES string of the molecule is COc1ccccc1C(O)c1c(NC(=O)C(C)(C)C)c(OC)cc(Cl)c1OC. The first-order chi connectivity index (χ1) is 13.1. The summed E-state index contributed by atoms with van der Waals surface area (Å²) in [5.41, 5.74) is 0.416. The van der Waals surface area contributed by atoms with Crippen LogP contribution in [0.25, 0.3) is 0 Å². The molecule has 0 heterocycles. The largest absolute Gasteiger partial charge is 0.496 e. The van der Waals surface area contributed by atoms with E-state index in [4.69, 9.17) is 25.8 Å². The number of hydrogen-bond acceptors (Lipinski definition) is 5. The van der Waals surface area contributed by atoms with Gasteiger partial charge in [-0.2, -0.15) is 0 Å². The summed E-state index contributed by atoms with van der Waals surface area (Å²) in [6.07, 6.45) is -1.19. The Labute approximate surface area is 170 Å². The molecule has 2 rings (SSSR count). The van der Waals surface area contributed by atoms with Crippen molar-refractivity contribution in [2.75, 3.05) is 26.6 Å². The Morgan fingerprint density at radius 2 is 1.68 bits per heavy atom. The minimum Gasteiger partial charge on any atom is -0.496 e. The molecule has 0 spiro atoms. The summed E-state index contributed by atoms with van der Waals surface area (Å²) in [6.45, 7) is 5.37. The lowest BCUT2D eigenvalue weighted by Crippen LogP contribution is -2.28. The minimum absolute atomic E-state index is 0.241. The van der Waals surface area contributed by atoms with Crippen LogP contribution in [0.2, 0.25) is 5.02 Å². The Bertz CT molecular complexity index is 861. The molecule has 2 aromatic carbocycles. The average molecular weight is 408 g/mol. The molecule has 0 aliphatic carbocycles. The van der Waals surface area contributed by atoms with E-state index in [-0.39, 0.29) is 22.2 Å². The van der Waals surface area contributed by atoms with Crippen molar-refractivity contribution in [3.63, 3.8) is 0 Å². The Kier molecular flexibility index (Phi) is 6.80. The number of halogens is 1. The van der Waals surface area contributed by atoms with Crippen LogP contribution in [0.1, 0.15) is 38.0 Å². The van der Waals surface area contributed by atoms with Crippen LogP contribution >= 0.6 is 11.6 Å². The number of para-hydroxylation sites is 1. The second kappa shape index (κ2) is 8.71. The first-order valence-corrected chi connectivity index (χ1v) is 9.10. The van der Waals surface area contributed by atoms with Crippen molar-refractivity contribution < 1.29 is 24.1 Å². The predicted molar refractivity (Wildman–Crippen MR) is 110 cm³/mol. The molecule has 0 aliphatic rings. The summed E-state index contributed by atoms with van der Waals surface area (Å²) in [5.74, 6) is 0.796. The third-order valence-corrected chi connectivity index (χ3v) is 4.57. The van der Waals surface area contributed by atoms with Crippen LogP contribution in [-0.4, -0.2) is 32.3 Å². The van der Waals surface area contributed by atoms with Gasteiger partial charge in [0.2, 0.25) is 5.91 Å². The van der Waals surface area contributed by atoms with E-state index >= 15 is 0 Å². The zero-order chi connectivity index (χ0) is 21.1. The van der Waals surface area contributed by atoms with Crippen LogP contribution in [0.4, 0.5) is 5.69 Å². The molecule has 1 amide bonds. The number of carbonyl (C=O) groups is 1. The highest BCUT2D eigenvalue weighted by Crippen LogP contribution is 2.47. The van der Waals surface area contributed by atoms with Crippen LogP contribution in [0, 0.1) is 5.41 Å². The number of nitrogens with one attached hydrogen (secondary N) is 1. The van der Waals surface area contributed by atoms with Gasteiger partial charge in [-0.05, 0) is 6.07 Å². The maximum absolute atomic E-state index is 12.7. The maximum Gasteiger partial charge on any atom is 0.229 e. The molecule has 0 saturated heterocycles. The fraction of sp³-hybridized carbons (Fsp3) is 0.381. The third kappa shape index (κ3) is 4.34. The molecule has 0 aliphatic heterocycles. The number of amides is 1. The number of methoxy groups -OCH3 is 3. The van der Waals surface area contributed by atoms with E-state index in [2.05, 4.69) is 5.32 Å². The topological polar surface area (TPSA) is 77.0 Å². The number of aliphatic hydroxyl groups is 1. The molecule has 1 unspecified atom stereocenters. The first-order valence-electron chi connectivity index (χ1n) is 8.72. The molecular weight excluding hydrogens is 382 g/mol. The van der Waals surface area contributed by atoms with E-state index in [1.165, 1.54) is 27.4 Å². The second-order valence-corrected chi connectivity index (χ2v) is 7.64. The Hall–Kier alpha value is -2.44. The summed E-state index contributed by atoms with van der Waals surface area (Å²) < 4.78 is 16.3. The van der Waals surface area contributed by atoms with Crippen LogP contribution in [0.3, 0.4) is 0 Å². The highest BCUT2D eigenvalue weighted by Gasteiger charge is 2.30. The van der Waals surface area contributed by atoms with Crippen molar-refractivity contribution in [3.05, 3.63) is 46.5 Å². The lowest BCUT2D eigenvalue weighted by molar-refractivity contribution is -0.123. The summed E-state index contributed by atoms with van der Waals surface area (Å²) in [5, 5.41) is 14.3. The van der Waals surface area contributed by atoms with Crippen LogP contribution in [0.5, 0.6) is 17.2 Å². The number of aliphatic hydroxyl groups excluding tert-OH is 1. The predicted octanol–water partition coefficient (Wildman–Crippen LogP) is 4.43. The van der Waals surface area contributed by atoms with Gasteiger partial charge < -0.3 is 24.6 Å². The summed E-state index contributed by atoms with van der Waals surface area (Å²) >= 11 is 6.36. The van der Waals surface area contributed by atoms with Crippen molar-refractivity contribution in [3.8, 4) is 17.2 Å². The van der Waals surface area contributed by atoms with Gasteiger partial charge in [0.15, 0.2) is 0 Å². The highest BCUT2D eigenvalue weighted by atomic mass is 35.5. The maximum atomic E-state index is 12.7. The van der Waals surface area contributed by atoms with Crippen molar-refractivity contribution in [1.29, 1.82) is 0 Å². The fourth-order valence-corrected chi connectivity index (χ4v) is 3.01. The molecular formula is C21H26ClNO5. The van der Waals surface area contributed by atoms with Gasteiger partial charge in [-0.15, -0.1) is 0 Å². The molecule has 7 heteroatoms. The summed E-state index contributed by atoms with van der Waals surface area (Å²) in [4.78, 5) is 12.7. The quantitative estimate of drug-likeness (QED) is 0.740. The van der Waals surface area contributed by atoms with E-state index in [0.29, 0.717) is 22.7 Å². The van der Waals surface area contributed by atoms with Gasteiger partial charge in [0, 0.05) is 17.0 Å². The zero-order valence-electron chi connectivity index (χ0n) is 16.9. The van der Waals surface area contributed by atoms with Crippen LogP contribution < -0.4 is 19.5 Å². The number of rotatable bonds is 6. The molecule has 152 valence electrons. The van der Waals surface area contributed by atoms with Crippen LogP contribution in [0.15, 0.2) is 30.3 Å². The summed E-state index contributed by atoms with van der Waals surface area (Å²) in [6, 6.07) is 8.58. The molecule has 28 heavy (non-hydrogen) atoms. The number of hydrogen-bond donors (Lipinski definition) is 2. The van der Waals surface area contributed by atoms with E-state index in [9.17, 15) is 9.90 Å². The number of benzene rings is 2. The van der Waals surface area contributed by atoms with Gasteiger partial charge in [0.1, 0.15) is 23.4 Å². The number of ether oxygens (including phenoxy) is 3. The van der Waals surface area contributed by atoms with Gasteiger partial charge in [-0.3, -0.25) is 4.79 Å². The third-order valence-electron chi connectivity index (χ3n) is 4.29. The highest BCUT2D eigenvalue weighted by molar-refractivity contribution is 6.32. The van der Waals surface area contributed by atoms with E-state index in [0.717, 1.165) is 0 Å². The van der Waals surface area contributed by atoms with Crippen molar-refractivity contribution >= 4 is 23.2 Å². The number of anilines is 1. The molecule has 6 nitrogen and oxygen atoms in total. The molecule has 0 radical (unpaired) electrons. The van der Waals surface area contributed by atoms with Gasteiger partial charge in [0.25, 0.3) is 0 Å². The number of carbonyl (C=O) groups excluding carboxylic acids is 1. The van der Waals surface area contributed by atoms with Crippen molar-refractivity contribution in [2.45, 2.75) is 26.9 Å². The fourth-order valence-electron chi connectivity index (χ4n) is 2.73. The van der Waals surface area contributed by atoms with E-state index in [1.807, 2.05) is 0 Å². The van der Waals surface area contributed by atoms with Gasteiger partial charge in [-0.25, -0.2) is 0 Å². The normalized spacial score (nSPS) is 12.3. The standard InChI is InChI=1S/C21H26ClNO5/c1-21(2,3)20(25)23-17-15(27-5)11-13(22)19(28-6)16(17)18(24)12-9-7-8-10-14(12)26-4/h7-11,18,24H,1-6H3,(H,23,25). The zero-order valence-corrected chi connectivity index (χ0v) is 17.7. The average Bonchev–Trinajstić information content (AvgIpc) is 2.67. The Balaban J connectivity index is 2.75. The minimum atomic E-state index is -1.19. The van der Waals surface area contributed by atoms with E-state index < -0.39 is 11.5 Å². The van der Waals surface area contributed by atoms with Crippen molar-refractivity contribution in [1.82, 2.24) is 0 Å². The van der Waals surface area contributed by atoms with Crippen LogP contribution in [-0.2, 0) is 4.79 Å². The monoisotopic (exact) mass is 407 g/mol. The molecule has 2 N–H and O–H groups in total. The molecule has 2 aromatic rings. The smallest absolute Gasteiger partial charge is 0.229 e. The molecule has 0 saturated carbocycles. The lowest BCUT2D eigenvalue weighted by atomic mass is 9.93. The van der Waals surface area contributed by atoms with Crippen molar-refractivity contribution in [2.24, 2.45) is 5.41 Å². The van der Waals surface area contributed by atoms with Gasteiger partial charge in [-0.1, -0.05) is 50.6 Å². The molecule has 1 atom stereocenters. The lowest BCUT2D eigenvalue weighted by Gasteiger charge is -2.26. The van der Waals surface area contributed by atoms with Gasteiger partial charge >= 0.3 is 0 Å². The molecule has 0 fully saturated rings. The Morgan fingerprint density at radius 1 is 1.07 bits per heavy atom. The Morgan fingerprint density at radius 3 is 2.21 bits per heavy atom. The molecule has 0 aromatic heterocycles.